The molecule has 0 spiro atoms. The quantitative estimate of drug-likeness (QED) is 0.434. The van der Waals surface area contributed by atoms with E-state index in [4.69, 9.17) is 0 Å². The SMILES string of the molecule is CC(C)c1ccc(N2C(=O)CS[C@H]2c2ccc(NC(=O)c3cccc(Br)c3)cc2)cc1. The van der Waals surface area contributed by atoms with Gasteiger partial charge in [-0.3, -0.25) is 14.5 Å². The molecule has 0 radical (unpaired) electrons. The molecule has 3 aromatic carbocycles. The van der Waals surface area contributed by atoms with Crippen LogP contribution in [0.3, 0.4) is 0 Å². The fourth-order valence-corrected chi connectivity index (χ4v) is 5.11. The highest BCUT2D eigenvalue weighted by atomic mass is 79.9. The van der Waals surface area contributed by atoms with Crippen LogP contribution in [0.25, 0.3) is 0 Å². The van der Waals surface area contributed by atoms with Gasteiger partial charge >= 0.3 is 0 Å². The number of nitrogens with one attached hydrogen (secondary N) is 1. The van der Waals surface area contributed by atoms with Crippen molar-refractivity contribution in [2.24, 2.45) is 0 Å². The van der Waals surface area contributed by atoms with Crippen LogP contribution in [0.4, 0.5) is 11.4 Å². The number of nitrogens with zero attached hydrogens (tertiary/aromatic N) is 1. The fraction of sp³-hybridized carbons (Fsp3) is 0.200. The van der Waals surface area contributed by atoms with Crippen LogP contribution < -0.4 is 10.2 Å². The van der Waals surface area contributed by atoms with Crippen molar-refractivity contribution in [3.8, 4) is 0 Å². The lowest BCUT2D eigenvalue weighted by atomic mass is 10.0. The van der Waals surface area contributed by atoms with E-state index in [1.165, 1.54) is 5.56 Å². The largest absolute Gasteiger partial charge is 0.322 e. The Bertz CT molecular complexity index is 1100. The predicted octanol–water partition coefficient (Wildman–Crippen LogP) is 6.60. The molecular weight excluding hydrogens is 472 g/mol. The number of halogens is 1. The normalized spacial score (nSPS) is 16.1. The summed E-state index contributed by atoms with van der Waals surface area (Å²) >= 11 is 5.01. The summed E-state index contributed by atoms with van der Waals surface area (Å²) in [5.74, 6) is 0.858. The summed E-state index contributed by atoms with van der Waals surface area (Å²) in [6, 6.07) is 23.2. The Kier molecular flexibility index (Phi) is 6.49. The van der Waals surface area contributed by atoms with Crippen molar-refractivity contribution < 1.29 is 9.59 Å². The summed E-state index contributed by atoms with van der Waals surface area (Å²) < 4.78 is 0.861. The fourth-order valence-electron chi connectivity index (χ4n) is 3.53. The lowest BCUT2D eigenvalue weighted by Crippen LogP contribution is -2.27. The van der Waals surface area contributed by atoms with Crippen LogP contribution >= 0.6 is 27.7 Å². The van der Waals surface area contributed by atoms with Gasteiger partial charge in [0.05, 0.1) is 5.75 Å². The number of anilines is 2. The predicted molar refractivity (Wildman–Crippen MR) is 132 cm³/mol. The lowest BCUT2D eigenvalue weighted by Gasteiger charge is -2.25. The Morgan fingerprint density at radius 2 is 1.77 bits per heavy atom. The van der Waals surface area contributed by atoms with E-state index in [2.05, 4.69) is 47.2 Å². The number of benzene rings is 3. The summed E-state index contributed by atoms with van der Waals surface area (Å²) in [5.41, 5.74) is 4.51. The minimum atomic E-state index is -0.161. The third-order valence-electron chi connectivity index (χ3n) is 5.25. The van der Waals surface area contributed by atoms with E-state index in [0.717, 1.165) is 21.4 Å². The molecule has 0 unspecified atom stereocenters. The third-order valence-corrected chi connectivity index (χ3v) is 6.95. The van der Waals surface area contributed by atoms with Crippen molar-refractivity contribution >= 4 is 50.9 Å². The molecule has 1 aliphatic heterocycles. The highest BCUT2D eigenvalue weighted by Crippen LogP contribution is 2.42. The first-order valence-electron chi connectivity index (χ1n) is 10.1. The molecule has 2 amide bonds. The highest BCUT2D eigenvalue weighted by molar-refractivity contribution is 9.10. The molecule has 6 heteroatoms. The molecule has 3 aromatic rings. The van der Waals surface area contributed by atoms with Crippen LogP contribution in [-0.4, -0.2) is 17.6 Å². The van der Waals surface area contributed by atoms with Crippen molar-refractivity contribution in [3.63, 3.8) is 0 Å². The first-order chi connectivity index (χ1) is 14.9. The van der Waals surface area contributed by atoms with Crippen LogP contribution in [0.1, 0.15) is 46.6 Å². The number of carbonyl (C=O) groups excluding carboxylic acids is 2. The van der Waals surface area contributed by atoms with Crippen molar-refractivity contribution in [1.82, 2.24) is 0 Å². The second-order valence-corrected chi connectivity index (χ2v) is 9.74. The molecule has 0 bridgehead atoms. The summed E-state index contributed by atoms with van der Waals surface area (Å²) in [6.45, 7) is 4.32. The zero-order valence-corrected chi connectivity index (χ0v) is 19.7. The number of carbonyl (C=O) groups is 2. The minimum absolute atomic E-state index is 0.0766. The number of hydrogen-bond donors (Lipinski definition) is 1. The molecule has 1 aliphatic rings. The van der Waals surface area contributed by atoms with Crippen LogP contribution in [0, 0.1) is 0 Å². The maximum absolute atomic E-state index is 12.6. The van der Waals surface area contributed by atoms with Gasteiger partial charge in [0.1, 0.15) is 5.37 Å². The first kappa shape index (κ1) is 21.7. The van der Waals surface area contributed by atoms with Gasteiger partial charge in [0.25, 0.3) is 5.91 Å². The van der Waals surface area contributed by atoms with Crippen molar-refractivity contribution in [2.75, 3.05) is 16.0 Å². The first-order valence-corrected chi connectivity index (χ1v) is 12.0. The molecule has 1 N–H and O–H groups in total. The van der Waals surface area contributed by atoms with Gasteiger partial charge in [0.15, 0.2) is 0 Å². The summed E-state index contributed by atoms with van der Waals surface area (Å²) in [6.07, 6.45) is 0. The standard InChI is InChI=1S/C25H23BrN2O2S/c1-16(2)17-8-12-22(13-9-17)28-23(29)15-31-25(28)18-6-10-21(11-7-18)27-24(30)19-4-3-5-20(26)14-19/h3-14,16,25H,15H2,1-2H3,(H,27,30)/t25-/m0/s1. The molecule has 1 saturated heterocycles. The zero-order valence-electron chi connectivity index (χ0n) is 17.3. The Balaban J connectivity index is 1.51. The molecular formula is C25H23BrN2O2S. The van der Waals surface area contributed by atoms with Crippen molar-refractivity contribution in [2.45, 2.75) is 25.1 Å². The maximum Gasteiger partial charge on any atom is 0.255 e. The smallest absolute Gasteiger partial charge is 0.255 e. The van der Waals surface area contributed by atoms with Gasteiger partial charge in [-0.25, -0.2) is 0 Å². The Morgan fingerprint density at radius 1 is 1.06 bits per heavy atom. The van der Waals surface area contributed by atoms with E-state index >= 15 is 0 Å². The van der Waals surface area contributed by atoms with Gasteiger partial charge in [-0.15, -0.1) is 11.8 Å². The summed E-state index contributed by atoms with van der Waals surface area (Å²) in [4.78, 5) is 27.0. The van der Waals surface area contributed by atoms with E-state index in [9.17, 15) is 9.59 Å². The second kappa shape index (κ2) is 9.28. The zero-order chi connectivity index (χ0) is 22.0. The average molecular weight is 495 g/mol. The van der Waals surface area contributed by atoms with Crippen LogP contribution in [0.15, 0.2) is 77.3 Å². The van der Waals surface area contributed by atoms with E-state index in [1.54, 1.807) is 23.9 Å². The molecule has 4 nitrogen and oxygen atoms in total. The lowest BCUT2D eigenvalue weighted by molar-refractivity contribution is -0.115. The monoisotopic (exact) mass is 494 g/mol. The molecule has 0 aromatic heterocycles. The molecule has 1 atom stereocenters. The maximum atomic E-state index is 12.6. The van der Waals surface area contributed by atoms with E-state index in [1.807, 2.05) is 53.4 Å². The van der Waals surface area contributed by atoms with Gasteiger partial charge in [-0.2, -0.15) is 0 Å². The van der Waals surface area contributed by atoms with Gasteiger partial charge in [0.2, 0.25) is 5.91 Å². The average Bonchev–Trinajstić information content (AvgIpc) is 3.15. The molecule has 0 saturated carbocycles. The number of hydrogen-bond acceptors (Lipinski definition) is 3. The van der Waals surface area contributed by atoms with E-state index in [-0.39, 0.29) is 17.2 Å². The Morgan fingerprint density at radius 3 is 2.42 bits per heavy atom. The van der Waals surface area contributed by atoms with Gasteiger partial charge in [-0.1, -0.05) is 60.1 Å². The van der Waals surface area contributed by atoms with E-state index < -0.39 is 0 Å². The molecule has 31 heavy (non-hydrogen) atoms. The van der Waals surface area contributed by atoms with Crippen LogP contribution in [-0.2, 0) is 4.79 Å². The van der Waals surface area contributed by atoms with Crippen molar-refractivity contribution in [3.05, 3.63) is 94.0 Å². The topological polar surface area (TPSA) is 49.4 Å². The third kappa shape index (κ3) is 4.86. The number of amides is 2. The Hall–Kier alpha value is -2.57. The molecule has 1 heterocycles. The molecule has 4 rings (SSSR count). The van der Waals surface area contributed by atoms with Crippen LogP contribution in [0.2, 0.25) is 0 Å². The van der Waals surface area contributed by atoms with Gasteiger partial charge in [-0.05, 0) is 59.5 Å². The van der Waals surface area contributed by atoms with E-state index in [0.29, 0.717) is 17.2 Å². The van der Waals surface area contributed by atoms with Gasteiger partial charge < -0.3 is 5.32 Å². The molecule has 1 fully saturated rings. The molecule has 0 aliphatic carbocycles. The minimum Gasteiger partial charge on any atom is -0.322 e. The summed E-state index contributed by atoms with van der Waals surface area (Å²) in [7, 11) is 0. The summed E-state index contributed by atoms with van der Waals surface area (Å²) in [5, 5.41) is 2.85. The highest BCUT2D eigenvalue weighted by Gasteiger charge is 2.34. The van der Waals surface area contributed by atoms with Crippen molar-refractivity contribution in [1.29, 1.82) is 0 Å². The molecule has 158 valence electrons. The number of thioether (sulfide) groups is 1. The van der Waals surface area contributed by atoms with Gasteiger partial charge in [0, 0.05) is 21.4 Å². The van der Waals surface area contributed by atoms with Crippen LogP contribution in [0.5, 0.6) is 0 Å². The number of rotatable bonds is 5. The second-order valence-electron chi connectivity index (χ2n) is 7.76. The Labute approximate surface area is 195 Å².